The van der Waals surface area contributed by atoms with E-state index in [2.05, 4.69) is 4.98 Å². The molecule has 3 rings (SSSR count). The van der Waals surface area contributed by atoms with Gasteiger partial charge in [-0.25, -0.2) is 9.78 Å². The van der Waals surface area contributed by atoms with Gasteiger partial charge < -0.3 is 18.5 Å². The molecule has 0 N–H and O–H groups in total. The lowest BCUT2D eigenvalue weighted by Gasteiger charge is -2.28. The Hall–Kier alpha value is -2.24. The molecule has 0 aliphatic carbocycles. The van der Waals surface area contributed by atoms with Gasteiger partial charge in [-0.2, -0.15) is 0 Å². The van der Waals surface area contributed by atoms with Crippen LogP contribution in [0.1, 0.15) is 32.2 Å². The van der Waals surface area contributed by atoms with Crippen molar-refractivity contribution in [1.29, 1.82) is 0 Å². The lowest BCUT2D eigenvalue weighted by Crippen LogP contribution is -2.39. The summed E-state index contributed by atoms with van der Waals surface area (Å²) in [5.41, 5.74) is 0.263. The van der Waals surface area contributed by atoms with E-state index >= 15 is 0 Å². The number of nitrogens with zero attached hydrogens (tertiary/aromatic N) is 2. The third-order valence-electron chi connectivity index (χ3n) is 3.11. The molecule has 0 bridgehead atoms. The molecule has 2 aromatic rings. The number of amides is 1. The minimum Gasteiger partial charge on any atom is -0.459 e. The van der Waals surface area contributed by atoms with Crippen LogP contribution in [0, 0.1) is 0 Å². The van der Waals surface area contributed by atoms with Gasteiger partial charge in [0.15, 0.2) is 5.76 Å². The van der Waals surface area contributed by atoms with Crippen LogP contribution in [0.15, 0.2) is 27.2 Å². The summed E-state index contributed by atoms with van der Waals surface area (Å²) in [5, 5.41) is 0. The number of oxazole rings is 1. The van der Waals surface area contributed by atoms with Gasteiger partial charge >= 0.3 is 6.09 Å². The molecule has 6 nitrogen and oxygen atoms in total. The molecule has 1 aliphatic rings. The average molecular weight is 290 g/mol. The molecule has 21 heavy (non-hydrogen) atoms. The van der Waals surface area contributed by atoms with Crippen LogP contribution in [-0.4, -0.2) is 28.1 Å². The summed E-state index contributed by atoms with van der Waals surface area (Å²) in [6.07, 6.45) is 1.88. The van der Waals surface area contributed by atoms with Crippen molar-refractivity contribution in [2.24, 2.45) is 0 Å². The molecule has 0 saturated heterocycles. The summed E-state index contributed by atoms with van der Waals surface area (Å²) in [4.78, 5) is 18.1. The molecule has 0 atom stereocenters. The number of rotatable bonds is 1. The van der Waals surface area contributed by atoms with Crippen molar-refractivity contribution in [3.05, 3.63) is 29.9 Å². The van der Waals surface area contributed by atoms with Crippen molar-refractivity contribution in [3.8, 4) is 11.7 Å². The highest BCUT2D eigenvalue weighted by Crippen LogP contribution is 2.27. The summed E-state index contributed by atoms with van der Waals surface area (Å²) in [6, 6.07) is 3.58. The van der Waals surface area contributed by atoms with Crippen molar-refractivity contribution >= 4 is 6.09 Å². The normalized spacial score (nSPS) is 14.9. The summed E-state index contributed by atoms with van der Waals surface area (Å²) in [6.45, 7) is 6.52. The second kappa shape index (κ2) is 4.95. The van der Waals surface area contributed by atoms with Gasteiger partial charge in [0, 0.05) is 13.0 Å². The zero-order valence-electron chi connectivity index (χ0n) is 12.4. The Bertz CT molecular complexity index is 637. The molecule has 3 heterocycles. The number of hydrogen-bond acceptors (Lipinski definition) is 5. The van der Waals surface area contributed by atoms with Crippen molar-refractivity contribution in [2.45, 2.75) is 39.3 Å². The van der Waals surface area contributed by atoms with E-state index in [-0.39, 0.29) is 6.09 Å². The lowest BCUT2D eigenvalue weighted by molar-refractivity contribution is 0.0217. The first-order chi connectivity index (χ1) is 9.92. The smallest absolute Gasteiger partial charge is 0.410 e. The standard InChI is InChI=1S/C15H18N2O4/c1-15(2,3)21-14(18)17-7-6-11-10(9-17)16-13(20-11)12-5-4-8-19-12/h4-5,8H,6-7,9H2,1-3H3. The van der Waals surface area contributed by atoms with E-state index < -0.39 is 5.60 Å². The number of ether oxygens (including phenoxy) is 1. The van der Waals surface area contributed by atoms with Crippen LogP contribution >= 0.6 is 0 Å². The molecular weight excluding hydrogens is 272 g/mol. The first-order valence-corrected chi connectivity index (χ1v) is 6.93. The van der Waals surface area contributed by atoms with Gasteiger partial charge in [-0.15, -0.1) is 0 Å². The second-order valence-electron chi connectivity index (χ2n) is 6.02. The predicted molar refractivity (Wildman–Crippen MR) is 74.6 cm³/mol. The van der Waals surface area contributed by atoms with E-state index in [1.54, 1.807) is 23.3 Å². The average Bonchev–Trinajstić information content (AvgIpc) is 3.04. The van der Waals surface area contributed by atoms with E-state index in [0.29, 0.717) is 31.2 Å². The minimum absolute atomic E-state index is 0.323. The molecule has 6 heteroatoms. The quantitative estimate of drug-likeness (QED) is 0.806. The van der Waals surface area contributed by atoms with Gasteiger partial charge in [0.2, 0.25) is 0 Å². The van der Waals surface area contributed by atoms with E-state index in [4.69, 9.17) is 13.6 Å². The van der Waals surface area contributed by atoms with Crippen LogP contribution < -0.4 is 0 Å². The lowest BCUT2D eigenvalue weighted by atomic mass is 10.2. The predicted octanol–water partition coefficient (Wildman–Crippen LogP) is 3.23. The maximum absolute atomic E-state index is 12.1. The Morgan fingerprint density at radius 3 is 2.90 bits per heavy atom. The summed E-state index contributed by atoms with van der Waals surface area (Å²) in [5.74, 6) is 1.85. The van der Waals surface area contributed by atoms with Gasteiger partial charge in [0.1, 0.15) is 17.1 Å². The van der Waals surface area contributed by atoms with Crippen LogP contribution in [0.25, 0.3) is 11.7 Å². The van der Waals surface area contributed by atoms with Crippen molar-refractivity contribution in [3.63, 3.8) is 0 Å². The molecule has 0 unspecified atom stereocenters. The third-order valence-corrected chi connectivity index (χ3v) is 3.11. The molecule has 1 aliphatic heterocycles. The van der Waals surface area contributed by atoms with Crippen LogP contribution in [0.5, 0.6) is 0 Å². The number of hydrogen-bond donors (Lipinski definition) is 0. The van der Waals surface area contributed by atoms with Crippen LogP contribution in [-0.2, 0) is 17.7 Å². The fourth-order valence-electron chi connectivity index (χ4n) is 2.19. The SMILES string of the molecule is CC(C)(C)OC(=O)N1CCc2oc(-c3ccco3)nc2C1. The molecular formula is C15H18N2O4. The number of furan rings is 1. The monoisotopic (exact) mass is 290 g/mol. The molecule has 0 fully saturated rings. The van der Waals surface area contributed by atoms with Crippen LogP contribution in [0.3, 0.4) is 0 Å². The van der Waals surface area contributed by atoms with Crippen molar-refractivity contribution < 1.29 is 18.4 Å². The number of fused-ring (bicyclic) bond motifs is 1. The third kappa shape index (κ3) is 2.94. The Morgan fingerprint density at radius 2 is 2.24 bits per heavy atom. The zero-order valence-corrected chi connectivity index (χ0v) is 12.4. The second-order valence-corrected chi connectivity index (χ2v) is 6.02. The zero-order chi connectivity index (χ0) is 15.0. The molecule has 0 spiro atoms. The topological polar surface area (TPSA) is 68.7 Å². The minimum atomic E-state index is -0.499. The molecule has 0 saturated carbocycles. The van der Waals surface area contributed by atoms with E-state index in [1.165, 1.54) is 0 Å². The van der Waals surface area contributed by atoms with Gasteiger partial charge in [-0.1, -0.05) is 0 Å². The molecule has 0 radical (unpaired) electrons. The Balaban J connectivity index is 1.75. The summed E-state index contributed by atoms with van der Waals surface area (Å²) >= 11 is 0. The van der Waals surface area contributed by atoms with Gasteiger partial charge in [-0.05, 0) is 32.9 Å². The summed E-state index contributed by atoms with van der Waals surface area (Å²) in [7, 11) is 0. The first kappa shape index (κ1) is 13.7. The van der Waals surface area contributed by atoms with Gasteiger partial charge in [-0.3, -0.25) is 0 Å². The van der Waals surface area contributed by atoms with E-state index in [9.17, 15) is 4.79 Å². The highest BCUT2D eigenvalue weighted by Gasteiger charge is 2.29. The largest absolute Gasteiger partial charge is 0.459 e. The number of carbonyl (C=O) groups excluding carboxylic acids is 1. The van der Waals surface area contributed by atoms with Crippen LogP contribution in [0.2, 0.25) is 0 Å². The Kier molecular flexibility index (Phi) is 3.23. The molecule has 112 valence electrons. The van der Waals surface area contributed by atoms with Crippen molar-refractivity contribution in [2.75, 3.05) is 6.54 Å². The summed E-state index contributed by atoms with van der Waals surface area (Å²) < 4.78 is 16.4. The highest BCUT2D eigenvalue weighted by atomic mass is 16.6. The molecule has 0 aromatic carbocycles. The first-order valence-electron chi connectivity index (χ1n) is 6.93. The Labute approximate surface area is 122 Å². The molecule has 1 amide bonds. The van der Waals surface area contributed by atoms with Gasteiger partial charge in [0.05, 0.1) is 12.8 Å². The number of aromatic nitrogens is 1. The number of carbonyl (C=O) groups is 1. The fraction of sp³-hybridized carbons (Fsp3) is 0.467. The maximum atomic E-state index is 12.1. The van der Waals surface area contributed by atoms with E-state index in [1.807, 2.05) is 20.8 Å². The maximum Gasteiger partial charge on any atom is 0.410 e. The Morgan fingerprint density at radius 1 is 1.43 bits per heavy atom. The fourth-order valence-corrected chi connectivity index (χ4v) is 2.19. The highest BCUT2D eigenvalue weighted by molar-refractivity contribution is 5.68. The van der Waals surface area contributed by atoms with E-state index in [0.717, 1.165) is 11.5 Å². The van der Waals surface area contributed by atoms with Crippen molar-refractivity contribution in [1.82, 2.24) is 9.88 Å². The molecule has 2 aromatic heterocycles. The van der Waals surface area contributed by atoms with Crippen LogP contribution in [0.4, 0.5) is 4.79 Å². The van der Waals surface area contributed by atoms with Gasteiger partial charge in [0.25, 0.3) is 5.89 Å².